The van der Waals surface area contributed by atoms with E-state index in [4.69, 9.17) is 21.1 Å². The van der Waals surface area contributed by atoms with Crippen LogP contribution < -0.4 is 4.74 Å². The zero-order valence-electron chi connectivity index (χ0n) is 13.2. The highest BCUT2D eigenvalue weighted by Crippen LogP contribution is 2.18. The fourth-order valence-corrected chi connectivity index (χ4v) is 2.70. The minimum Gasteiger partial charge on any atom is -0.485 e. The van der Waals surface area contributed by atoms with Crippen LogP contribution in [0.2, 0.25) is 5.02 Å². The van der Waals surface area contributed by atoms with Gasteiger partial charge in [0.15, 0.2) is 5.82 Å². The molecule has 124 valence electrons. The maximum absolute atomic E-state index is 5.96. The molecule has 0 radical (unpaired) electrons. The van der Waals surface area contributed by atoms with Gasteiger partial charge in [-0.15, -0.1) is 0 Å². The van der Waals surface area contributed by atoms with Gasteiger partial charge in [0.2, 0.25) is 0 Å². The van der Waals surface area contributed by atoms with Crippen molar-refractivity contribution in [2.45, 2.75) is 26.6 Å². The van der Waals surface area contributed by atoms with Crippen molar-refractivity contribution in [3.8, 4) is 5.75 Å². The molecule has 1 aliphatic heterocycles. The molecule has 7 heteroatoms. The highest BCUT2D eigenvalue weighted by Gasteiger charge is 2.16. The summed E-state index contributed by atoms with van der Waals surface area (Å²) in [6.45, 7) is 7.43. The summed E-state index contributed by atoms with van der Waals surface area (Å²) in [6.07, 6.45) is 0. The number of halogens is 1. The van der Waals surface area contributed by atoms with Crippen LogP contribution in [-0.2, 0) is 24.4 Å². The van der Waals surface area contributed by atoms with Crippen molar-refractivity contribution in [3.05, 3.63) is 40.9 Å². The fourth-order valence-electron chi connectivity index (χ4n) is 2.52. The molecule has 1 aliphatic rings. The third-order valence-corrected chi connectivity index (χ3v) is 3.96. The lowest BCUT2D eigenvalue weighted by atomic mass is 10.3. The molecule has 23 heavy (non-hydrogen) atoms. The van der Waals surface area contributed by atoms with Crippen molar-refractivity contribution in [1.82, 2.24) is 19.7 Å². The Morgan fingerprint density at radius 1 is 1.30 bits per heavy atom. The SMILES string of the molecule is CCn1nc(COc2cccc(Cl)c2)nc1CN1CCOCC1. The molecule has 0 bridgehead atoms. The number of morpholine rings is 1. The summed E-state index contributed by atoms with van der Waals surface area (Å²) < 4.78 is 13.0. The predicted octanol–water partition coefficient (Wildman–Crippen LogP) is 2.36. The molecule has 2 aromatic rings. The second-order valence-electron chi connectivity index (χ2n) is 5.39. The average molecular weight is 337 g/mol. The smallest absolute Gasteiger partial charge is 0.188 e. The Morgan fingerprint density at radius 2 is 2.13 bits per heavy atom. The van der Waals surface area contributed by atoms with Gasteiger partial charge in [-0.1, -0.05) is 17.7 Å². The van der Waals surface area contributed by atoms with Crippen molar-refractivity contribution in [3.63, 3.8) is 0 Å². The predicted molar refractivity (Wildman–Crippen MR) is 87.6 cm³/mol. The monoisotopic (exact) mass is 336 g/mol. The molecule has 0 saturated carbocycles. The Kier molecular flexibility index (Phi) is 5.48. The van der Waals surface area contributed by atoms with Crippen molar-refractivity contribution in [2.75, 3.05) is 26.3 Å². The zero-order chi connectivity index (χ0) is 16.1. The van der Waals surface area contributed by atoms with Crippen molar-refractivity contribution in [2.24, 2.45) is 0 Å². The molecule has 6 nitrogen and oxygen atoms in total. The number of ether oxygens (including phenoxy) is 2. The molecule has 1 saturated heterocycles. The van der Waals surface area contributed by atoms with Crippen LogP contribution in [0.15, 0.2) is 24.3 Å². The van der Waals surface area contributed by atoms with Crippen LogP contribution in [0.1, 0.15) is 18.6 Å². The number of hydrogen-bond donors (Lipinski definition) is 0. The molecule has 1 aromatic heterocycles. The molecule has 0 unspecified atom stereocenters. The van der Waals surface area contributed by atoms with Crippen LogP contribution in [0.5, 0.6) is 5.75 Å². The first-order chi connectivity index (χ1) is 11.2. The van der Waals surface area contributed by atoms with E-state index in [2.05, 4.69) is 21.9 Å². The molecule has 0 aliphatic carbocycles. The van der Waals surface area contributed by atoms with E-state index in [0.717, 1.165) is 51.0 Å². The van der Waals surface area contributed by atoms with E-state index >= 15 is 0 Å². The van der Waals surface area contributed by atoms with Crippen LogP contribution in [0, 0.1) is 0 Å². The molecule has 0 N–H and O–H groups in total. The van der Waals surface area contributed by atoms with Gasteiger partial charge < -0.3 is 9.47 Å². The van der Waals surface area contributed by atoms with Crippen molar-refractivity contribution in [1.29, 1.82) is 0 Å². The van der Waals surface area contributed by atoms with Crippen LogP contribution in [0.4, 0.5) is 0 Å². The summed E-state index contributed by atoms with van der Waals surface area (Å²) in [4.78, 5) is 6.96. The van der Waals surface area contributed by atoms with E-state index in [1.165, 1.54) is 0 Å². The molecule has 0 atom stereocenters. The Hall–Kier alpha value is -1.63. The van der Waals surface area contributed by atoms with Crippen LogP contribution in [-0.4, -0.2) is 46.0 Å². The highest BCUT2D eigenvalue weighted by atomic mass is 35.5. The summed E-state index contributed by atoms with van der Waals surface area (Å²) in [5, 5.41) is 5.18. The molecule has 0 spiro atoms. The van der Waals surface area contributed by atoms with Gasteiger partial charge in [0, 0.05) is 24.7 Å². The molecule has 1 fully saturated rings. The lowest BCUT2D eigenvalue weighted by Gasteiger charge is -2.25. The van der Waals surface area contributed by atoms with E-state index in [1.54, 1.807) is 6.07 Å². The number of aryl methyl sites for hydroxylation is 1. The van der Waals surface area contributed by atoms with Gasteiger partial charge in [0.25, 0.3) is 0 Å². The molecular formula is C16H21ClN4O2. The summed E-state index contributed by atoms with van der Waals surface area (Å²) in [7, 11) is 0. The minimum absolute atomic E-state index is 0.337. The first-order valence-electron chi connectivity index (χ1n) is 7.85. The van der Waals surface area contributed by atoms with Gasteiger partial charge in [0.1, 0.15) is 18.2 Å². The van der Waals surface area contributed by atoms with Crippen LogP contribution in [0.3, 0.4) is 0 Å². The zero-order valence-corrected chi connectivity index (χ0v) is 14.0. The molecule has 1 aromatic carbocycles. The first-order valence-corrected chi connectivity index (χ1v) is 8.23. The Morgan fingerprint density at radius 3 is 2.87 bits per heavy atom. The van der Waals surface area contributed by atoms with E-state index in [1.807, 2.05) is 22.9 Å². The first kappa shape index (κ1) is 16.2. The average Bonchev–Trinajstić information content (AvgIpc) is 2.96. The molecular weight excluding hydrogens is 316 g/mol. The standard InChI is InChI=1S/C16H21ClN4O2/c1-2-21-16(11-20-6-8-22-9-7-20)18-15(19-21)12-23-14-5-3-4-13(17)10-14/h3-5,10H,2,6-9,11-12H2,1H3. The summed E-state index contributed by atoms with van der Waals surface area (Å²) in [5.41, 5.74) is 0. The lowest BCUT2D eigenvalue weighted by Crippen LogP contribution is -2.36. The van der Waals surface area contributed by atoms with Crippen LogP contribution >= 0.6 is 11.6 Å². The Balaban J connectivity index is 1.63. The third kappa shape index (κ3) is 4.43. The Labute approximate surface area is 141 Å². The maximum atomic E-state index is 5.96. The third-order valence-electron chi connectivity index (χ3n) is 3.72. The molecule has 2 heterocycles. The highest BCUT2D eigenvalue weighted by molar-refractivity contribution is 6.30. The largest absolute Gasteiger partial charge is 0.485 e. The quantitative estimate of drug-likeness (QED) is 0.810. The molecule has 3 rings (SSSR count). The second kappa shape index (κ2) is 7.77. The number of nitrogens with zero attached hydrogens (tertiary/aromatic N) is 4. The Bertz CT molecular complexity index is 641. The van der Waals surface area contributed by atoms with E-state index in [9.17, 15) is 0 Å². The van der Waals surface area contributed by atoms with Crippen molar-refractivity contribution >= 4 is 11.6 Å². The summed E-state index contributed by atoms with van der Waals surface area (Å²) in [6, 6.07) is 7.34. The van der Waals surface area contributed by atoms with E-state index in [0.29, 0.717) is 17.5 Å². The van der Waals surface area contributed by atoms with Gasteiger partial charge in [-0.3, -0.25) is 4.90 Å². The number of hydrogen-bond acceptors (Lipinski definition) is 5. The number of benzene rings is 1. The summed E-state index contributed by atoms with van der Waals surface area (Å²) >= 11 is 5.96. The van der Waals surface area contributed by atoms with E-state index < -0.39 is 0 Å². The van der Waals surface area contributed by atoms with Gasteiger partial charge in [-0.25, -0.2) is 9.67 Å². The lowest BCUT2D eigenvalue weighted by molar-refractivity contribution is 0.0324. The fraction of sp³-hybridized carbons (Fsp3) is 0.500. The minimum atomic E-state index is 0.337. The van der Waals surface area contributed by atoms with Gasteiger partial charge >= 0.3 is 0 Å². The number of rotatable bonds is 6. The van der Waals surface area contributed by atoms with Crippen molar-refractivity contribution < 1.29 is 9.47 Å². The molecule has 0 amide bonds. The van der Waals surface area contributed by atoms with Gasteiger partial charge in [-0.2, -0.15) is 5.10 Å². The second-order valence-corrected chi connectivity index (χ2v) is 5.83. The maximum Gasteiger partial charge on any atom is 0.188 e. The number of aromatic nitrogens is 3. The van der Waals surface area contributed by atoms with Gasteiger partial charge in [-0.05, 0) is 25.1 Å². The summed E-state index contributed by atoms with van der Waals surface area (Å²) in [5.74, 6) is 2.38. The van der Waals surface area contributed by atoms with E-state index in [-0.39, 0.29) is 0 Å². The topological polar surface area (TPSA) is 52.4 Å². The van der Waals surface area contributed by atoms with Gasteiger partial charge in [0.05, 0.1) is 19.8 Å². The normalized spacial score (nSPS) is 15.7. The van der Waals surface area contributed by atoms with Crippen LogP contribution in [0.25, 0.3) is 0 Å².